The summed E-state index contributed by atoms with van der Waals surface area (Å²) in [6, 6.07) is 2.42. The van der Waals surface area contributed by atoms with Crippen LogP contribution in [0.4, 0.5) is 4.79 Å². The molecule has 22 heavy (non-hydrogen) atoms. The van der Waals surface area contributed by atoms with Gasteiger partial charge in [-0.2, -0.15) is 5.10 Å². The highest BCUT2D eigenvalue weighted by atomic mass is 16.2. The van der Waals surface area contributed by atoms with Gasteiger partial charge in [0.05, 0.1) is 5.69 Å². The summed E-state index contributed by atoms with van der Waals surface area (Å²) in [5, 5.41) is 10.6. The van der Waals surface area contributed by atoms with Gasteiger partial charge in [0, 0.05) is 24.8 Å². The van der Waals surface area contributed by atoms with Crippen LogP contribution in [-0.4, -0.2) is 28.4 Å². The molecular formula is C17H30N4O. The standard InChI is InChI=1S/C17H30N4O/c1-13(12-21-15(3)10-14(2)20-21)11-18-17(22)19-16-8-6-4-5-7-9-16/h10,13,16H,4-9,11-12H2,1-3H3,(H2,18,19,22). The molecule has 1 atom stereocenters. The minimum atomic E-state index is -0.0212. The van der Waals surface area contributed by atoms with Crippen molar-refractivity contribution in [2.75, 3.05) is 6.54 Å². The number of aromatic nitrogens is 2. The number of aryl methyl sites for hydroxylation is 2. The fourth-order valence-electron chi connectivity index (χ4n) is 3.15. The smallest absolute Gasteiger partial charge is 0.315 e. The van der Waals surface area contributed by atoms with Crippen LogP contribution in [0.15, 0.2) is 6.07 Å². The van der Waals surface area contributed by atoms with Gasteiger partial charge < -0.3 is 10.6 Å². The van der Waals surface area contributed by atoms with Crippen molar-refractivity contribution in [1.82, 2.24) is 20.4 Å². The van der Waals surface area contributed by atoms with Gasteiger partial charge in [-0.15, -0.1) is 0 Å². The fraction of sp³-hybridized carbons (Fsp3) is 0.765. The monoisotopic (exact) mass is 306 g/mol. The third kappa shape index (κ3) is 5.35. The molecule has 1 aromatic rings. The predicted octanol–water partition coefficient (Wildman–Crippen LogP) is 3.16. The first kappa shape index (κ1) is 16.8. The Bertz CT molecular complexity index is 475. The molecule has 2 rings (SSSR count). The first-order chi connectivity index (χ1) is 10.5. The Hall–Kier alpha value is -1.52. The van der Waals surface area contributed by atoms with Crippen LogP contribution in [0.25, 0.3) is 0 Å². The number of carbonyl (C=O) groups excluding carboxylic acids is 1. The first-order valence-electron chi connectivity index (χ1n) is 8.60. The number of nitrogens with one attached hydrogen (secondary N) is 2. The maximum atomic E-state index is 12.0. The maximum absolute atomic E-state index is 12.0. The molecule has 1 aliphatic rings. The van der Waals surface area contributed by atoms with Crippen molar-refractivity contribution >= 4 is 6.03 Å². The summed E-state index contributed by atoms with van der Waals surface area (Å²) < 4.78 is 2.02. The van der Waals surface area contributed by atoms with Gasteiger partial charge in [0.2, 0.25) is 0 Å². The number of carbonyl (C=O) groups is 1. The van der Waals surface area contributed by atoms with E-state index in [4.69, 9.17) is 0 Å². The van der Waals surface area contributed by atoms with E-state index in [0.717, 1.165) is 25.1 Å². The van der Waals surface area contributed by atoms with Crippen molar-refractivity contribution in [2.24, 2.45) is 5.92 Å². The van der Waals surface area contributed by atoms with Crippen molar-refractivity contribution < 1.29 is 4.79 Å². The van der Waals surface area contributed by atoms with E-state index in [9.17, 15) is 4.79 Å². The molecule has 124 valence electrons. The van der Waals surface area contributed by atoms with Crippen molar-refractivity contribution in [3.05, 3.63) is 17.5 Å². The average molecular weight is 306 g/mol. The predicted molar refractivity (Wildman–Crippen MR) is 88.9 cm³/mol. The second kappa shape index (κ2) is 8.20. The van der Waals surface area contributed by atoms with Gasteiger partial charge in [-0.3, -0.25) is 4.68 Å². The summed E-state index contributed by atoms with van der Waals surface area (Å²) in [5.41, 5.74) is 2.22. The highest BCUT2D eigenvalue weighted by Crippen LogP contribution is 2.17. The van der Waals surface area contributed by atoms with E-state index in [1.54, 1.807) is 0 Å². The summed E-state index contributed by atoms with van der Waals surface area (Å²) in [7, 11) is 0. The lowest BCUT2D eigenvalue weighted by Gasteiger charge is -2.18. The molecule has 0 saturated heterocycles. The van der Waals surface area contributed by atoms with Gasteiger partial charge >= 0.3 is 6.03 Å². The van der Waals surface area contributed by atoms with E-state index in [-0.39, 0.29) is 6.03 Å². The van der Waals surface area contributed by atoms with E-state index in [1.807, 2.05) is 11.6 Å². The molecule has 1 aromatic heterocycles. The van der Waals surface area contributed by atoms with E-state index < -0.39 is 0 Å². The summed E-state index contributed by atoms with van der Waals surface area (Å²) in [6.07, 6.45) is 7.32. The minimum absolute atomic E-state index is 0.0212. The lowest BCUT2D eigenvalue weighted by molar-refractivity contribution is 0.233. The molecule has 2 N–H and O–H groups in total. The van der Waals surface area contributed by atoms with Gasteiger partial charge in [-0.1, -0.05) is 32.6 Å². The first-order valence-corrected chi connectivity index (χ1v) is 8.60. The van der Waals surface area contributed by atoms with Gasteiger partial charge in [0.25, 0.3) is 0 Å². The molecular weight excluding hydrogens is 276 g/mol. The lowest BCUT2D eigenvalue weighted by Crippen LogP contribution is -2.43. The van der Waals surface area contributed by atoms with E-state index in [2.05, 4.69) is 35.6 Å². The number of hydrogen-bond donors (Lipinski definition) is 2. The maximum Gasteiger partial charge on any atom is 0.315 e. The molecule has 0 aliphatic heterocycles. The van der Waals surface area contributed by atoms with E-state index in [0.29, 0.717) is 18.5 Å². The van der Waals surface area contributed by atoms with Crippen LogP contribution >= 0.6 is 0 Å². The normalized spacial score (nSPS) is 17.8. The molecule has 0 aromatic carbocycles. The molecule has 0 radical (unpaired) electrons. The number of hydrogen-bond acceptors (Lipinski definition) is 2. The van der Waals surface area contributed by atoms with Gasteiger partial charge in [0.15, 0.2) is 0 Å². The molecule has 1 aliphatic carbocycles. The third-order valence-electron chi connectivity index (χ3n) is 4.39. The van der Waals surface area contributed by atoms with Crippen LogP contribution < -0.4 is 10.6 Å². The van der Waals surface area contributed by atoms with E-state index >= 15 is 0 Å². The summed E-state index contributed by atoms with van der Waals surface area (Å²) in [6.45, 7) is 7.73. The summed E-state index contributed by atoms with van der Waals surface area (Å²) in [5.74, 6) is 0.359. The SMILES string of the molecule is Cc1cc(C)n(CC(C)CNC(=O)NC2CCCCCC2)n1. The topological polar surface area (TPSA) is 59.0 Å². The third-order valence-corrected chi connectivity index (χ3v) is 4.39. The second-order valence-corrected chi connectivity index (χ2v) is 6.76. The molecule has 5 heteroatoms. The van der Waals surface area contributed by atoms with Gasteiger partial charge in [-0.25, -0.2) is 4.79 Å². The number of nitrogens with zero attached hydrogens (tertiary/aromatic N) is 2. The molecule has 5 nitrogen and oxygen atoms in total. The minimum Gasteiger partial charge on any atom is -0.338 e. The molecule has 0 bridgehead atoms. The van der Waals surface area contributed by atoms with Gasteiger partial charge in [0.1, 0.15) is 0 Å². The Morgan fingerprint density at radius 2 is 2.00 bits per heavy atom. The zero-order valence-electron chi connectivity index (χ0n) is 14.2. The molecule has 1 heterocycles. The Morgan fingerprint density at radius 3 is 2.59 bits per heavy atom. The number of urea groups is 1. The van der Waals surface area contributed by atoms with Crippen molar-refractivity contribution in [2.45, 2.75) is 71.9 Å². The Morgan fingerprint density at radius 1 is 1.32 bits per heavy atom. The van der Waals surface area contributed by atoms with Crippen LogP contribution in [0.5, 0.6) is 0 Å². The lowest BCUT2D eigenvalue weighted by atomic mass is 10.1. The van der Waals surface area contributed by atoms with Crippen LogP contribution in [-0.2, 0) is 6.54 Å². The summed E-state index contributed by atoms with van der Waals surface area (Å²) in [4.78, 5) is 12.0. The number of amides is 2. The fourth-order valence-corrected chi connectivity index (χ4v) is 3.15. The van der Waals surface area contributed by atoms with Crippen LogP contribution in [0.3, 0.4) is 0 Å². The zero-order valence-corrected chi connectivity index (χ0v) is 14.2. The van der Waals surface area contributed by atoms with Crippen LogP contribution in [0, 0.1) is 19.8 Å². The molecule has 1 fully saturated rings. The molecule has 0 spiro atoms. The zero-order chi connectivity index (χ0) is 15.9. The van der Waals surface area contributed by atoms with Crippen LogP contribution in [0.1, 0.15) is 56.8 Å². The molecule has 2 amide bonds. The number of rotatable bonds is 5. The van der Waals surface area contributed by atoms with Crippen LogP contribution in [0.2, 0.25) is 0 Å². The Balaban J connectivity index is 1.69. The highest BCUT2D eigenvalue weighted by Gasteiger charge is 2.15. The second-order valence-electron chi connectivity index (χ2n) is 6.76. The summed E-state index contributed by atoms with van der Waals surface area (Å²) >= 11 is 0. The van der Waals surface area contributed by atoms with Crippen molar-refractivity contribution in [1.29, 1.82) is 0 Å². The Kier molecular flexibility index (Phi) is 6.28. The van der Waals surface area contributed by atoms with Crippen molar-refractivity contribution in [3.63, 3.8) is 0 Å². The molecule has 1 unspecified atom stereocenters. The molecule has 1 saturated carbocycles. The van der Waals surface area contributed by atoms with Crippen molar-refractivity contribution in [3.8, 4) is 0 Å². The van der Waals surface area contributed by atoms with E-state index in [1.165, 1.54) is 31.4 Å². The van der Waals surface area contributed by atoms with Gasteiger partial charge in [-0.05, 0) is 38.7 Å². The largest absolute Gasteiger partial charge is 0.338 e. The average Bonchev–Trinajstić information content (AvgIpc) is 2.68. The quantitative estimate of drug-likeness (QED) is 0.821. The highest BCUT2D eigenvalue weighted by molar-refractivity contribution is 5.74. The Labute approximate surface area is 133 Å².